The van der Waals surface area contributed by atoms with Gasteiger partial charge in [0.15, 0.2) is 0 Å². The molecule has 7 heteroatoms. The van der Waals surface area contributed by atoms with Gasteiger partial charge >= 0.3 is 0 Å². The van der Waals surface area contributed by atoms with Crippen LogP contribution in [0, 0.1) is 5.92 Å². The van der Waals surface area contributed by atoms with Crippen LogP contribution in [0.4, 0.5) is 0 Å². The molecule has 25 heavy (non-hydrogen) atoms. The lowest BCUT2D eigenvalue weighted by Gasteiger charge is -2.20. The minimum atomic E-state index is 0. The van der Waals surface area contributed by atoms with E-state index in [0.717, 1.165) is 36.8 Å². The standard InChI is InChI=1S/C18H24N4O2.ClH/c19-12-13-6-8-14(9-7-13)17-21-16(24-22-17)10-11-20-18(23)15-4-2-1-3-5-15;/h6-9,15H,1-5,10-12,19H2,(H,20,23);1H. The van der Waals surface area contributed by atoms with Gasteiger partial charge in [-0.05, 0) is 18.4 Å². The second-order valence-corrected chi connectivity index (χ2v) is 6.29. The first-order valence-electron chi connectivity index (χ1n) is 8.66. The van der Waals surface area contributed by atoms with Crippen molar-refractivity contribution in [2.75, 3.05) is 6.54 Å². The Bertz CT molecular complexity index is 666. The van der Waals surface area contributed by atoms with E-state index in [1.807, 2.05) is 24.3 Å². The van der Waals surface area contributed by atoms with Crippen molar-refractivity contribution < 1.29 is 9.32 Å². The third-order valence-corrected chi connectivity index (χ3v) is 4.53. The summed E-state index contributed by atoms with van der Waals surface area (Å²) in [5.74, 6) is 1.44. The first-order valence-corrected chi connectivity index (χ1v) is 8.66. The molecule has 6 nitrogen and oxygen atoms in total. The van der Waals surface area contributed by atoms with Gasteiger partial charge in [0.25, 0.3) is 0 Å². The topological polar surface area (TPSA) is 94.0 Å². The maximum atomic E-state index is 12.1. The van der Waals surface area contributed by atoms with Crippen molar-refractivity contribution >= 4 is 18.3 Å². The van der Waals surface area contributed by atoms with Gasteiger partial charge in [-0.25, -0.2) is 0 Å². The van der Waals surface area contributed by atoms with Crippen LogP contribution in [0.5, 0.6) is 0 Å². The molecule has 136 valence electrons. The molecule has 1 saturated carbocycles. The molecule has 1 amide bonds. The summed E-state index contributed by atoms with van der Waals surface area (Å²) in [6.45, 7) is 1.04. The zero-order valence-electron chi connectivity index (χ0n) is 14.2. The summed E-state index contributed by atoms with van der Waals surface area (Å²) in [6, 6.07) is 7.77. The van der Waals surface area contributed by atoms with Gasteiger partial charge in [0.1, 0.15) is 0 Å². The molecule has 1 aliphatic rings. The van der Waals surface area contributed by atoms with E-state index in [4.69, 9.17) is 10.3 Å². The van der Waals surface area contributed by atoms with Crippen molar-refractivity contribution in [2.24, 2.45) is 11.7 Å². The SMILES string of the molecule is Cl.NCc1ccc(-c2noc(CCNC(=O)C3CCCCC3)n2)cc1. The summed E-state index contributed by atoms with van der Waals surface area (Å²) in [7, 11) is 0. The Morgan fingerprint density at radius 1 is 1.20 bits per heavy atom. The lowest BCUT2D eigenvalue weighted by atomic mass is 9.89. The van der Waals surface area contributed by atoms with Crippen LogP contribution in [0.25, 0.3) is 11.4 Å². The molecule has 1 fully saturated rings. The van der Waals surface area contributed by atoms with Crippen molar-refractivity contribution in [2.45, 2.75) is 45.1 Å². The van der Waals surface area contributed by atoms with E-state index in [2.05, 4.69) is 15.5 Å². The highest BCUT2D eigenvalue weighted by atomic mass is 35.5. The van der Waals surface area contributed by atoms with E-state index in [0.29, 0.717) is 31.2 Å². The molecule has 0 spiro atoms. The molecule has 1 aromatic heterocycles. The number of nitrogens with zero attached hydrogens (tertiary/aromatic N) is 2. The number of hydrogen-bond donors (Lipinski definition) is 2. The molecule has 3 N–H and O–H groups in total. The first-order chi connectivity index (χ1) is 11.8. The summed E-state index contributed by atoms with van der Waals surface area (Å²) in [5.41, 5.74) is 7.55. The Morgan fingerprint density at radius 3 is 2.60 bits per heavy atom. The summed E-state index contributed by atoms with van der Waals surface area (Å²) in [5, 5.41) is 6.98. The van der Waals surface area contributed by atoms with Crippen molar-refractivity contribution in [1.29, 1.82) is 0 Å². The largest absolute Gasteiger partial charge is 0.355 e. The van der Waals surface area contributed by atoms with E-state index in [1.165, 1.54) is 6.42 Å². The Kier molecular flexibility index (Phi) is 7.40. The number of benzene rings is 1. The monoisotopic (exact) mass is 364 g/mol. The number of amides is 1. The lowest BCUT2D eigenvalue weighted by Crippen LogP contribution is -2.33. The first kappa shape index (κ1) is 19.4. The normalized spacial score (nSPS) is 14.8. The second kappa shape index (κ2) is 9.53. The molecule has 1 heterocycles. The molecule has 0 unspecified atom stereocenters. The third-order valence-electron chi connectivity index (χ3n) is 4.53. The van der Waals surface area contributed by atoms with Crippen molar-refractivity contribution in [3.8, 4) is 11.4 Å². The molecule has 3 rings (SSSR count). The van der Waals surface area contributed by atoms with Crippen LogP contribution in [0.2, 0.25) is 0 Å². The molecule has 1 aromatic carbocycles. The average Bonchev–Trinajstić information content (AvgIpc) is 3.11. The Hall–Kier alpha value is -1.92. The van der Waals surface area contributed by atoms with Crippen LogP contribution in [-0.4, -0.2) is 22.6 Å². The zero-order valence-corrected chi connectivity index (χ0v) is 15.1. The van der Waals surface area contributed by atoms with Gasteiger partial charge in [0.05, 0.1) is 0 Å². The predicted molar refractivity (Wildman–Crippen MR) is 98.2 cm³/mol. The van der Waals surface area contributed by atoms with Crippen molar-refractivity contribution in [1.82, 2.24) is 15.5 Å². The third kappa shape index (κ3) is 5.28. The summed E-state index contributed by atoms with van der Waals surface area (Å²) in [4.78, 5) is 16.5. The number of carbonyl (C=O) groups is 1. The van der Waals surface area contributed by atoms with Gasteiger partial charge in [-0.1, -0.05) is 48.7 Å². The number of halogens is 1. The van der Waals surface area contributed by atoms with E-state index >= 15 is 0 Å². The molecular weight excluding hydrogens is 340 g/mol. The van der Waals surface area contributed by atoms with Crippen molar-refractivity contribution in [3.05, 3.63) is 35.7 Å². The van der Waals surface area contributed by atoms with Crippen LogP contribution in [0.1, 0.15) is 43.6 Å². The van der Waals surface area contributed by atoms with Gasteiger partial charge in [0.2, 0.25) is 17.6 Å². The lowest BCUT2D eigenvalue weighted by molar-refractivity contribution is -0.125. The van der Waals surface area contributed by atoms with Gasteiger partial charge in [-0.3, -0.25) is 4.79 Å². The van der Waals surface area contributed by atoms with E-state index in [9.17, 15) is 4.79 Å². The summed E-state index contributed by atoms with van der Waals surface area (Å²) >= 11 is 0. The number of rotatable bonds is 6. The Balaban J connectivity index is 0.00000225. The highest BCUT2D eigenvalue weighted by molar-refractivity contribution is 5.85. The molecule has 0 atom stereocenters. The van der Waals surface area contributed by atoms with E-state index < -0.39 is 0 Å². The molecule has 2 aromatic rings. The second-order valence-electron chi connectivity index (χ2n) is 6.29. The number of hydrogen-bond acceptors (Lipinski definition) is 5. The molecule has 0 aliphatic heterocycles. The molecular formula is C18H25ClN4O2. The maximum Gasteiger partial charge on any atom is 0.228 e. The van der Waals surface area contributed by atoms with Crippen LogP contribution in [0.3, 0.4) is 0 Å². The minimum Gasteiger partial charge on any atom is -0.355 e. The van der Waals surface area contributed by atoms with Crippen LogP contribution < -0.4 is 11.1 Å². The fraction of sp³-hybridized carbons (Fsp3) is 0.500. The number of nitrogens with one attached hydrogen (secondary N) is 1. The van der Waals surface area contributed by atoms with Crippen molar-refractivity contribution in [3.63, 3.8) is 0 Å². The molecule has 0 saturated heterocycles. The summed E-state index contributed by atoms with van der Waals surface area (Å²) in [6.07, 6.45) is 6.14. The quantitative estimate of drug-likeness (QED) is 0.821. The van der Waals surface area contributed by atoms with Gasteiger partial charge in [0, 0.05) is 31.0 Å². The van der Waals surface area contributed by atoms with Gasteiger partial charge in [-0.15, -0.1) is 12.4 Å². The number of nitrogens with two attached hydrogens (primary N) is 1. The zero-order chi connectivity index (χ0) is 16.8. The Morgan fingerprint density at radius 2 is 1.92 bits per heavy atom. The smallest absolute Gasteiger partial charge is 0.228 e. The molecule has 0 bridgehead atoms. The maximum absolute atomic E-state index is 12.1. The molecule has 1 aliphatic carbocycles. The minimum absolute atomic E-state index is 0. The van der Waals surface area contributed by atoms with Gasteiger partial charge in [-0.2, -0.15) is 4.98 Å². The fourth-order valence-electron chi connectivity index (χ4n) is 3.07. The average molecular weight is 365 g/mol. The highest BCUT2D eigenvalue weighted by Gasteiger charge is 2.20. The fourth-order valence-corrected chi connectivity index (χ4v) is 3.07. The van der Waals surface area contributed by atoms with Crippen LogP contribution in [-0.2, 0) is 17.8 Å². The van der Waals surface area contributed by atoms with E-state index in [-0.39, 0.29) is 24.2 Å². The summed E-state index contributed by atoms with van der Waals surface area (Å²) < 4.78 is 5.27. The Labute approximate surface area is 154 Å². The number of carbonyl (C=O) groups excluding carboxylic acids is 1. The highest BCUT2D eigenvalue weighted by Crippen LogP contribution is 2.23. The van der Waals surface area contributed by atoms with Crippen LogP contribution >= 0.6 is 12.4 Å². The van der Waals surface area contributed by atoms with E-state index in [1.54, 1.807) is 0 Å². The van der Waals surface area contributed by atoms with Crippen LogP contribution in [0.15, 0.2) is 28.8 Å². The predicted octanol–water partition coefficient (Wildman–Crippen LogP) is 2.86. The number of aromatic nitrogens is 2. The molecule has 0 radical (unpaired) electrons. The van der Waals surface area contributed by atoms with Gasteiger partial charge < -0.3 is 15.6 Å².